The Morgan fingerprint density at radius 3 is 2.76 bits per heavy atom. The number of hydrogen-bond donors (Lipinski definition) is 1. The molecule has 0 saturated heterocycles. The van der Waals surface area contributed by atoms with Crippen LogP contribution in [-0.4, -0.2) is 16.5 Å². The third-order valence-electron chi connectivity index (χ3n) is 3.09. The fraction of sp³-hybridized carbons (Fsp3) is 0.375. The first-order valence-electron chi connectivity index (χ1n) is 7.07. The van der Waals surface area contributed by atoms with Gasteiger partial charge in [0.05, 0.1) is 5.02 Å². The Hall–Kier alpha value is -1.65. The highest BCUT2D eigenvalue weighted by atomic mass is 35.5. The molecule has 21 heavy (non-hydrogen) atoms. The van der Waals surface area contributed by atoms with Gasteiger partial charge in [-0.1, -0.05) is 24.6 Å². The number of nitrogens with zero attached hydrogens (tertiary/aromatic N) is 2. The molecule has 0 radical (unpaired) electrons. The number of benzene rings is 1. The van der Waals surface area contributed by atoms with Crippen LogP contribution < -0.4 is 10.1 Å². The molecular formula is C16H20ClN3O. The van der Waals surface area contributed by atoms with Crippen LogP contribution in [0.15, 0.2) is 24.4 Å². The molecule has 0 aliphatic heterocycles. The van der Waals surface area contributed by atoms with E-state index in [9.17, 15) is 0 Å². The summed E-state index contributed by atoms with van der Waals surface area (Å²) in [5.74, 6) is 0.568. The Morgan fingerprint density at radius 2 is 2.10 bits per heavy atom. The van der Waals surface area contributed by atoms with E-state index in [1.165, 1.54) is 0 Å². The first-order valence-corrected chi connectivity index (χ1v) is 7.45. The van der Waals surface area contributed by atoms with Crippen molar-refractivity contribution in [3.8, 4) is 11.8 Å². The minimum Gasteiger partial charge on any atom is -0.423 e. The van der Waals surface area contributed by atoms with E-state index in [1.807, 2.05) is 32.0 Å². The van der Waals surface area contributed by atoms with Crippen LogP contribution in [0, 0.1) is 13.8 Å². The lowest BCUT2D eigenvalue weighted by Gasteiger charge is -2.09. The number of rotatable bonds is 6. The smallest absolute Gasteiger partial charge is 0.322 e. The van der Waals surface area contributed by atoms with Gasteiger partial charge in [-0.3, -0.25) is 0 Å². The van der Waals surface area contributed by atoms with E-state index in [0.717, 1.165) is 36.3 Å². The van der Waals surface area contributed by atoms with Crippen molar-refractivity contribution in [3.05, 3.63) is 46.2 Å². The molecule has 0 aliphatic carbocycles. The second-order valence-electron chi connectivity index (χ2n) is 4.98. The monoisotopic (exact) mass is 305 g/mol. The highest BCUT2D eigenvalue weighted by Crippen LogP contribution is 2.28. The largest absolute Gasteiger partial charge is 0.423 e. The standard InChI is InChI=1S/C16H20ClN3O/c1-4-7-18-9-13-10-19-16(20-12(13)3)21-15-6-5-11(2)8-14(15)17/h5-6,8,10,18H,4,7,9H2,1-3H3. The molecule has 1 heterocycles. The average Bonchev–Trinajstić information content (AvgIpc) is 2.44. The Labute approximate surface area is 130 Å². The molecule has 1 aromatic heterocycles. The second-order valence-corrected chi connectivity index (χ2v) is 5.38. The molecular weight excluding hydrogens is 286 g/mol. The second kappa shape index (κ2) is 7.38. The van der Waals surface area contributed by atoms with Crippen molar-refractivity contribution in [2.24, 2.45) is 0 Å². The summed E-state index contributed by atoms with van der Waals surface area (Å²) in [4.78, 5) is 8.62. The molecule has 0 aliphatic rings. The van der Waals surface area contributed by atoms with Gasteiger partial charge >= 0.3 is 6.01 Å². The third kappa shape index (κ3) is 4.41. The Bertz CT molecular complexity index is 616. The Balaban J connectivity index is 2.09. The maximum atomic E-state index is 6.14. The van der Waals surface area contributed by atoms with Gasteiger partial charge in [0, 0.05) is 24.0 Å². The van der Waals surface area contributed by atoms with Crippen molar-refractivity contribution >= 4 is 11.6 Å². The number of halogens is 1. The fourth-order valence-corrected chi connectivity index (χ4v) is 2.15. The quantitative estimate of drug-likeness (QED) is 0.818. The lowest BCUT2D eigenvalue weighted by Crippen LogP contribution is -2.15. The molecule has 0 bridgehead atoms. The van der Waals surface area contributed by atoms with Gasteiger partial charge in [-0.25, -0.2) is 4.98 Å². The summed E-state index contributed by atoms with van der Waals surface area (Å²) in [6.45, 7) is 7.82. The normalized spacial score (nSPS) is 10.7. The van der Waals surface area contributed by atoms with Gasteiger partial charge in [-0.05, 0) is 44.5 Å². The summed E-state index contributed by atoms with van der Waals surface area (Å²) >= 11 is 6.14. The van der Waals surface area contributed by atoms with E-state index < -0.39 is 0 Å². The molecule has 0 fully saturated rings. The van der Waals surface area contributed by atoms with Crippen LogP contribution in [0.25, 0.3) is 0 Å². The van der Waals surface area contributed by atoms with Crippen LogP contribution in [0.4, 0.5) is 0 Å². The van der Waals surface area contributed by atoms with Crippen molar-refractivity contribution in [1.82, 2.24) is 15.3 Å². The van der Waals surface area contributed by atoms with Gasteiger partial charge in [0.2, 0.25) is 0 Å². The predicted molar refractivity (Wildman–Crippen MR) is 85.0 cm³/mol. The van der Waals surface area contributed by atoms with E-state index in [4.69, 9.17) is 16.3 Å². The van der Waals surface area contributed by atoms with Gasteiger partial charge in [0.15, 0.2) is 0 Å². The number of hydrogen-bond acceptors (Lipinski definition) is 4. The molecule has 0 amide bonds. The number of aromatic nitrogens is 2. The predicted octanol–water partition coefficient (Wildman–Crippen LogP) is 4.04. The maximum Gasteiger partial charge on any atom is 0.322 e. The van der Waals surface area contributed by atoms with Crippen molar-refractivity contribution in [2.45, 2.75) is 33.7 Å². The highest BCUT2D eigenvalue weighted by Gasteiger charge is 2.08. The van der Waals surface area contributed by atoms with E-state index in [0.29, 0.717) is 16.8 Å². The molecule has 5 heteroatoms. The van der Waals surface area contributed by atoms with Crippen molar-refractivity contribution in [2.75, 3.05) is 6.54 Å². The third-order valence-corrected chi connectivity index (χ3v) is 3.39. The number of aryl methyl sites for hydroxylation is 2. The van der Waals surface area contributed by atoms with Crippen molar-refractivity contribution in [3.63, 3.8) is 0 Å². The lowest BCUT2D eigenvalue weighted by molar-refractivity contribution is 0.439. The van der Waals surface area contributed by atoms with E-state index in [2.05, 4.69) is 22.2 Å². The van der Waals surface area contributed by atoms with Crippen LogP contribution in [-0.2, 0) is 6.54 Å². The van der Waals surface area contributed by atoms with Gasteiger partial charge in [-0.2, -0.15) is 4.98 Å². The van der Waals surface area contributed by atoms with E-state index in [1.54, 1.807) is 6.20 Å². The fourth-order valence-electron chi connectivity index (χ4n) is 1.88. The highest BCUT2D eigenvalue weighted by molar-refractivity contribution is 6.32. The zero-order chi connectivity index (χ0) is 15.2. The first kappa shape index (κ1) is 15.7. The Morgan fingerprint density at radius 1 is 1.29 bits per heavy atom. The van der Waals surface area contributed by atoms with E-state index in [-0.39, 0.29) is 0 Å². The topological polar surface area (TPSA) is 47.0 Å². The zero-order valence-corrected chi connectivity index (χ0v) is 13.4. The summed E-state index contributed by atoms with van der Waals surface area (Å²) in [6.07, 6.45) is 2.90. The van der Waals surface area contributed by atoms with Gasteiger partial charge in [0.1, 0.15) is 5.75 Å². The molecule has 0 saturated carbocycles. The SMILES string of the molecule is CCCNCc1cnc(Oc2ccc(C)cc2Cl)nc1C. The van der Waals surface area contributed by atoms with Crippen molar-refractivity contribution in [1.29, 1.82) is 0 Å². The van der Waals surface area contributed by atoms with Gasteiger partial charge in [-0.15, -0.1) is 0 Å². The van der Waals surface area contributed by atoms with Crippen LogP contribution in [0.2, 0.25) is 5.02 Å². The van der Waals surface area contributed by atoms with Crippen LogP contribution in [0.5, 0.6) is 11.8 Å². The molecule has 1 N–H and O–H groups in total. The molecule has 2 aromatic rings. The summed E-state index contributed by atoms with van der Waals surface area (Å²) in [5.41, 5.74) is 3.07. The van der Waals surface area contributed by atoms with Crippen LogP contribution in [0.3, 0.4) is 0 Å². The van der Waals surface area contributed by atoms with Crippen LogP contribution in [0.1, 0.15) is 30.2 Å². The molecule has 112 valence electrons. The molecule has 0 atom stereocenters. The maximum absolute atomic E-state index is 6.14. The molecule has 0 spiro atoms. The molecule has 1 aromatic carbocycles. The summed E-state index contributed by atoms with van der Waals surface area (Å²) in [7, 11) is 0. The summed E-state index contributed by atoms with van der Waals surface area (Å²) < 4.78 is 5.65. The summed E-state index contributed by atoms with van der Waals surface area (Å²) in [5, 5.41) is 3.89. The average molecular weight is 306 g/mol. The zero-order valence-electron chi connectivity index (χ0n) is 12.6. The minimum absolute atomic E-state index is 0.317. The Kier molecular flexibility index (Phi) is 5.53. The van der Waals surface area contributed by atoms with Gasteiger partial charge < -0.3 is 10.1 Å². The van der Waals surface area contributed by atoms with Crippen molar-refractivity contribution < 1.29 is 4.74 Å². The molecule has 2 rings (SSSR count). The van der Waals surface area contributed by atoms with Crippen LogP contribution >= 0.6 is 11.6 Å². The minimum atomic E-state index is 0.317. The van der Waals surface area contributed by atoms with E-state index >= 15 is 0 Å². The first-order chi connectivity index (χ1) is 10.1. The molecule has 0 unspecified atom stereocenters. The summed E-state index contributed by atoms with van der Waals surface area (Å²) in [6, 6.07) is 5.94. The number of nitrogens with one attached hydrogen (secondary N) is 1. The number of ether oxygens (including phenoxy) is 1. The van der Waals surface area contributed by atoms with Gasteiger partial charge in [0.25, 0.3) is 0 Å². The lowest BCUT2D eigenvalue weighted by atomic mass is 10.2. The molecule has 4 nitrogen and oxygen atoms in total.